The summed E-state index contributed by atoms with van der Waals surface area (Å²) in [5.41, 5.74) is 0.374. The van der Waals surface area contributed by atoms with Crippen LogP contribution in [0.1, 0.15) is 57.2 Å². The molecule has 1 aliphatic carbocycles. The van der Waals surface area contributed by atoms with Crippen LogP contribution in [0.25, 0.3) is 0 Å². The van der Waals surface area contributed by atoms with E-state index in [2.05, 4.69) is 29.1 Å². The van der Waals surface area contributed by atoms with Gasteiger partial charge in [-0.3, -0.25) is 4.68 Å². The molecule has 1 aromatic heterocycles. The maximum absolute atomic E-state index is 13.8. The third-order valence-electron chi connectivity index (χ3n) is 6.59. The Hall–Kier alpha value is -2.18. The fraction of sp³-hybridized carbons (Fsp3) is 0.619. The molecule has 5 nitrogen and oxygen atoms in total. The normalized spacial score (nSPS) is 31.9. The third kappa shape index (κ3) is 3.05. The third-order valence-corrected chi connectivity index (χ3v) is 6.59. The topological polar surface area (TPSA) is 36.7 Å². The second-order valence-corrected chi connectivity index (χ2v) is 8.52. The number of amidine groups is 1. The van der Waals surface area contributed by atoms with Gasteiger partial charge in [0.2, 0.25) is 0 Å². The van der Waals surface area contributed by atoms with Crippen LogP contribution in [-0.4, -0.2) is 39.8 Å². The molecule has 0 amide bonds. The Morgan fingerprint density at radius 3 is 2.57 bits per heavy atom. The maximum atomic E-state index is 13.8. The van der Waals surface area contributed by atoms with Gasteiger partial charge in [0.1, 0.15) is 12.0 Å². The van der Waals surface area contributed by atoms with Crippen LogP contribution >= 0.6 is 0 Å². The Kier molecular flexibility index (Phi) is 4.48. The number of hydrogen-bond acceptors (Lipinski definition) is 4. The molecule has 3 aliphatic heterocycles. The molecule has 5 rings (SSSR count). The number of dihydropyridines is 1. The van der Waals surface area contributed by atoms with Gasteiger partial charge in [-0.25, -0.2) is 13.8 Å². The van der Waals surface area contributed by atoms with E-state index < -0.39 is 6.43 Å². The van der Waals surface area contributed by atoms with Crippen molar-refractivity contribution in [2.45, 2.75) is 57.7 Å². The lowest BCUT2D eigenvalue weighted by molar-refractivity contribution is 0.144. The summed E-state index contributed by atoms with van der Waals surface area (Å²) < 4.78 is 29.5. The molecule has 1 aromatic rings. The second-order valence-electron chi connectivity index (χ2n) is 8.52. The molecule has 1 saturated carbocycles. The van der Waals surface area contributed by atoms with Crippen LogP contribution < -0.4 is 4.90 Å². The average Bonchev–Trinajstić information content (AvgIpc) is 3.24. The van der Waals surface area contributed by atoms with E-state index in [-0.39, 0.29) is 23.8 Å². The number of halogens is 2. The van der Waals surface area contributed by atoms with E-state index in [0.717, 1.165) is 44.6 Å². The Morgan fingerprint density at radius 1 is 1.11 bits per heavy atom. The molecule has 2 unspecified atom stereocenters. The van der Waals surface area contributed by atoms with Gasteiger partial charge in [0.05, 0.1) is 11.7 Å². The summed E-state index contributed by atoms with van der Waals surface area (Å²) in [6.45, 7) is 4.30. The van der Waals surface area contributed by atoms with E-state index in [1.54, 1.807) is 4.68 Å². The van der Waals surface area contributed by atoms with Crippen LogP contribution in [-0.2, 0) is 0 Å². The molecule has 2 atom stereocenters. The molecule has 4 heterocycles. The highest BCUT2D eigenvalue weighted by Crippen LogP contribution is 2.39. The number of alkyl halides is 2. The summed E-state index contributed by atoms with van der Waals surface area (Å²) in [6, 6.07) is 0.219. The molecule has 0 N–H and O–H groups in total. The summed E-state index contributed by atoms with van der Waals surface area (Å²) in [6.07, 6.45) is 12.7. The van der Waals surface area contributed by atoms with E-state index in [9.17, 15) is 8.78 Å². The molecule has 0 radical (unpaired) electrons. The molecular formula is C21H27F2N5. The highest BCUT2D eigenvalue weighted by Gasteiger charge is 2.36. The van der Waals surface area contributed by atoms with Gasteiger partial charge in [-0.15, -0.1) is 0 Å². The van der Waals surface area contributed by atoms with Crippen molar-refractivity contribution >= 4 is 11.5 Å². The average molecular weight is 387 g/mol. The van der Waals surface area contributed by atoms with Crippen molar-refractivity contribution in [3.8, 4) is 0 Å². The van der Waals surface area contributed by atoms with Gasteiger partial charge in [0.25, 0.3) is 6.43 Å². The summed E-state index contributed by atoms with van der Waals surface area (Å²) in [7, 11) is 0. The van der Waals surface area contributed by atoms with Crippen molar-refractivity contribution in [2.24, 2.45) is 16.8 Å². The summed E-state index contributed by atoms with van der Waals surface area (Å²) >= 11 is 0. The lowest BCUT2D eigenvalue weighted by Crippen LogP contribution is -2.44. The van der Waals surface area contributed by atoms with Crippen LogP contribution in [0, 0.1) is 11.8 Å². The summed E-state index contributed by atoms with van der Waals surface area (Å²) in [5.74, 6) is 1.80. The van der Waals surface area contributed by atoms with Crippen LogP contribution in [0.3, 0.4) is 0 Å². The number of rotatable bonds is 3. The molecular weight excluding hydrogens is 360 g/mol. The maximum Gasteiger partial charge on any atom is 0.284 e. The second kappa shape index (κ2) is 7.01. The monoisotopic (exact) mass is 387 g/mol. The molecule has 2 fully saturated rings. The summed E-state index contributed by atoms with van der Waals surface area (Å²) in [4.78, 5) is 9.03. The molecule has 28 heavy (non-hydrogen) atoms. The number of hydrogen-bond donors (Lipinski definition) is 0. The SMILES string of the molecule is CC1CCC(n2cc(N3C=CC4C=CC(N5CCC5)=NC43)c(C(F)F)n2)CC1. The molecule has 1 saturated heterocycles. The van der Waals surface area contributed by atoms with Crippen LogP contribution in [0.4, 0.5) is 14.5 Å². The van der Waals surface area contributed by atoms with Crippen molar-refractivity contribution in [1.29, 1.82) is 0 Å². The smallest absolute Gasteiger partial charge is 0.284 e. The number of fused-ring (bicyclic) bond motifs is 1. The minimum atomic E-state index is -2.59. The molecule has 150 valence electrons. The molecule has 0 bridgehead atoms. The number of likely N-dealkylation sites (tertiary alicyclic amines) is 1. The van der Waals surface area contributed by atoms with E-state index in [4.69, 9.17) is 4.99 Å². The number of aromatic nitrogens is 2. The number of anilines is 1. The standard InChI is InChI=1S/C21H27F2N5/c1-14-3-6-16(7-4-14)28-13-17(19(25-28)20(22)23)27-12-9-15-5-8-18(24-21(15)27)26-10-2-11-26/h5,8-9,12-16,20-21H,2-4,6-7,10-11H2,1H3. The highest BCUT2D eigenvalue weighted by atomic mass is 19.3. The first-order valence-corrected chi connectivity index (χ1v) is 10.4. The Balaban J connectivity index is 1.44. The van der Waals surface area contributed by atoms with E-state index in [0.29, 0.717) is 11.6 Å². The zero-order valence-electron chi connectivity index (χ0n) is 16.2. The zero-order valence-corrected chi connectivity index (χ0v) is 16.2. The first-order valence-electron chi connectivity index (χ1n) is 10.4. The fourth-order valence-corrected chi connectivity index (χ4v) is 4.65. The largest absolute Gasteiger partial charge is 0.357 e. The Labute approximate surface area is 164 Å². The lowest BCUT2D eigenvalue weighted by atomic mass is 9.87. The fourth-order valence-electron chi connectivity index (χ4n) is 4.65. The van der Waals surface area contributed by atoms with Crippen molar-refractivity contribution in [1.82, 2.24) is 14.7 Å². The van der Waals surface area contributed by atoms with Gasteiger partial charge in [-0.05, 0) is 44.1 Å². The van der Waals surface area contributed by atoms with Crippen molar-refractivity contribution in [3.63, 3.8) is 0 Å². The predicted octanol–water partition coefficient (Wildman–Crippen LogP) is 4.52. The van der Waals surface area contributed by atoms with Crippen molar-refractivity contribution in [2.75, 3.05) is 18.0 Å². The summed E-state index contributed by atoms with van der Waals surface area (Å²) in [5, 5.41) is 4.34. The highest BCUT2D eigenvalue weighted by molar-refractivity contribution is 5.94. The van der Waals surface area contributed by atoms with Crippen LogP contribution in [0.15, 0.2) is 35.6 Å². The molecule has 4 aliphatic rings. The predicted molar refractivity (Wildman–Crippen MR) is 106 cm³/mol. The van der Waals surface area contributed by atoms with Gasteiger partial charge in [0.15, 0.2) is 5.69 Å². The van der Waals surface area contributed by atoms with E-state index in [1.165, 1.54) is 6.42 Å². The lowest BCUT2D eigenvalue weighted by Gasteiger charge is -2.36. The first-order chi connectivity index (χ1) is 13.6. The molecule has 0 spiro atoms. The van der Waals surface area contributed by atoms with Gasteiger partial charge in [-0.2, -0.15) is 5.10 Å². The van der Waals surface area contributed by atoms with Crippen LogP contribution in [0.2, 0.25) is 0 Å². The van der Waals surface area contributed by atoms with Crippen molar-refractivity contribution < 1.29 is 8.78 Å². The minimum absolute atomic E-state index is 0.120. The quantitative estimate of drug-likeness (QED) is 0.765. The minimum Gasteiger partial charge on any atom is -0.357 e. The first kappa shape index (κ1) is 17.9. The Morgan fingerprint density at radius 2 is 1.89 bits per heavy atom. The molecule has 7 heteroatoms. The number of aliphatic imine (C=N–C) groups is 1. The Bertz CT molecular complexity index is 815. The van der Waals surface area contributed by atoms with Gasteiger partial charge in [-0.1, -0.05) is 19.1 Å². The van der Waals surface area contributed by atoms with Crippen molar-refractivity contribution in [3.05, 3.63) is 36.3 Å². The van der Waals surface area contributed by atoms with Gasteiger partial charge in [0, 0.05) is 31.4 Å². The van der Waals surface area contributed by atoms with E-state index >= 15 is 0 Å². The van der Waals surface area contributed by atoms with E-state index in [1.807, 2.05) is 23.4 Å². The number of nitrogens with zero attached hydrogens (tertiary/aromatic N) is 5. The van der Waals surface area contributed by atoms with Gasteiger partial charge >= 0.3 is 0 Å². The van der Waals surface area contributed by atoms with Gasteiger partial charge < -0.3 is 9.80 Å². The van der Waals surface area contributed by atoms with Crippen LogP contribution in [0.5, 0.6) is 0 Å². The molecule has 0 aromatic carbocycles. The zero-order chi connectivity index (χ0) is 19.3.